The molecule has 1 aromatic heterocycles. The Labute approximate surface area is 122 Å². The Balaban J connectivity index is 2.20. The minimum Gasteiger partial charge on any atom is -0.496 e. The summed E-state index contributed by atoms with van der Waals surface area (Å²) < 4.78 is 5.20. The van der Waals surface area contributed by atoms with Crippen LogP contribution in [-0.4, -0.2) is 13.0 Å². The summed E-state index contributed by atoms with van der Waals surface area (Å²) in [4.78, 5) is 14.7. The molecule has 0 aliphatic rings. The van der Waals surface area contributed by atoms with Crippen molar-refractivity contribution in [1.29, 1.82) is 0 Å². The quantitative estimate of drug-likeness (QED) is 0.850. The predicted molar refractivity (Wildman–Crippen MR) is 82.3 cm³/mol. The van der Waals surface area contributed by atoms with E-state index >= 15 is 0 Å². The molecule has 0 aliphatic heterocycles. The van der Waals surface area contributed by atoms with E-state index in [1.165, 1.54) is 12.0 Å². The Morgan fingerprint density at radius 2 is 2.10 bits per heavy atom. The number of hydrogen-bond donors (Lipinski definition) is 2. The van der Waals surface area contributed by atoms with Crippen molar-refractivity contribution in [3.8, 4) is 5.75 Å². The smallest absolute Gasteiger partial charge is 0.257 e. The summed E-state index contributed by atoms with van der Waals surface area (Å²) in [6.45, 7) is 4.00. The van der Waals surface area contributed by atoms with E-state index in [1.54, 1.807) is 29.5 Å². The summed E-state index contributed by atoms with van der Waals surface area (Å²) in [6, 6.07) is 9.18. The second-order valence-corrected chi connectivity index (χ2v) is 5.89. The lowest BCUT2D eigenvalue weighted by molar-refractivity contribution is 0.0938. The van der Waals surface area contributed by atoms with E-state index in [2.05, 4.69) is 5.32 Å². The Hall–Kier alpha value is -2.01. The summed E-state index contributed by atoms with van der Waals surface area (Å²) in [5.74, 6) is 0.260. The van der Waals surface area contributed by atoms with Gasteiger partial charge in [0.1, 0.15) is 11.3 Å². The number of amides is 1. The molecule has 1 atom stereocenters. The zero-order chi connectivity index (χ0) is 14.7. The molecule has 20 heavy (non-hydrogen) atoms. The number of hydrogen-bond acceptors (Lipinski definition) is 4. The fourth-order valence-corrected chi connectivity index (χ4v) is 2.87. The molecule has 1 heterocycles. The number of nitrogens with two attached hydrogens (primary N) is 1. The molecular formula is C15H18N2O2S. The van der Waals surface area contributed by atoms with Gasteiger partial charge in [-0.15, -0.1) is 11.3 Å². The van der Waals surface area contributed by atoms with Gasteiger partial charge in [0.15, 0.2) is 0 Å². The first-order valence-corrected chi connectivity index (χ1v) is 7.14. The first-order chi connectivity index (χ1) is 9.52. The number of rotatable bonds is 4. The number of thiophene rings is 1. The maximum absolute atomic E-state index is 12.4. The zero-order valence-corrected chi connectivity index (χ0v) is 12.6. The average molecular weight is 290 g/mol. The van der Waals surface area contributed by atoms with Crippen molar-refractivity contribution >= 4 is 22.9 Å². The van der Waals surface area contributed by atoms with Gasteiger partial charge >= 0.3 is 0 Å². The van der Waals surface area contributed by atoms with E-state index in [0.29, 0.717) is 17.0 Å². The van der Waals surface area contributed by atoms with Gasteiger partial charge in [0.05, 0.1) is 13.2 Å². The van der Waals surface area contributed by atoms with Gasteiger partial charge in [0, 0.05) is 15.4 Å². The average Bonchev–Trinajstić information content (AvgIpc) is 2.84. The van der Waals surface area contributed by atoms with E-state index < -0.39 is 0 Å². The minimum absolute atomic E-state index is 0.0643. The standard InChI is InChI=1S/C15H18N2O2S/c1-9-7-8-13(20-9)10(2)17-15(18)14-11(16)5-4-6-12(14)19-3/h4-8,10H,16H2,1-3H3,(H,17,18). The molecule has 1 unspecified atom stereocenters. The first-order valence-electron chi connectivity index (χ1n) is 6.32. The van der Waals surface area contributed by atoms with Crippen LogP contribution < -0.4 is 15.8 Å². The topological polar surface area (TPSA) is 64.3 Å². The number of carbonyl (C=O) groups is 1. The SMILES string of the molecule is COc1cccc(N)c1C(=O)NC(C)c1ccc(C)s1. The monoisotopic (exact) mass is 290 g/mol. The van der Waals surface area contributed by atoms with Crippen LogP contribution in [0.5, 0.6) is 5.75 Å². The van der Waals surface area contributed by atoms with Gasteiger partial charge in [-0.3, -0.25) is 4.79 Å². The summed E-state index contributed by atoms with van der Waals surface area (Å²) in [5, 5.41) is 2.95. The van der Waals surface area contributed by atoms with Crippen molar-refractivity contribution < 1.29 is 9.53 Å². The van der Waals surface area contributed by atoms with E-state index in [1.807, 2.05) is 26.0 Å². The largest absolute Gasteiger partial charge is 0.496 e. The zero-order valence-electron chi connectivity index (χ0n) is 11.8. The van der Waals surface area contributed by atoms with E-state index in [-0.39, 0.29) is 11.9 Å². The van der Waals surface area contributed by atoms with Crippen molar-refractivity contribution in [1.82, 2.24) is 5.32 Å². The molecule has 1 aromatic carbocycles. The third-order valence-corrected chi connectivity index (χ3v) is 4.22. The molecule has 0 saturated heterocycles. The van der Waals surface area contributed by atoms with Crippen LogP contribution >= 0.6 is 11.3 Å². The fraction of sp³-hybridized carbons (Fsp3) is 0.267. The van der Waals surface area contributed by atoms with Crippen molar-refractivity contribution in [3.63, 3.8) is 0 Å². The van der Waals surface area contributed by atoms with Crippen LogP contribution in [0.15, 0.2) is 30.3 Å². The van der Waals surface area contributed by atoms with E-state index in [0.717, 1.165) is 4.88 Å². The molecule has 0 saturated carbocycles. The van der Waals surface area contributed by atoms with Crippen molar-refractivity contribution in [2.75, 3.05) is 12.8 Å². The molecule has 0 aliphatic carbocycles. The highest BCUT2D eigenvalue weighted by Gasteiger charge is 2.18. The second-order valence-electron chi connectivity index (χ2n) is 4.57. The second kappa shape index (κ2) is 5.96. The molecule has 0 radical (unpaired) electrons. The number of aryl methyl sites for hydroxylation is 1. The Morgan fingerprint density at radius 3 is 2.70 bits per heavy atom. The third-order valence-electron chi connectivity index (χ3n) is 3.04. The molecule has 2 aromatic rings. The highest BCUT2D eigenvalue weighted by molar-refractivity contribution is 7.12. The van der Waals surface area contributed by atoms with Crippen LogP contribution in [-0.2, 0) is 0 Å². The maximum atomic E-state index is 12.4. The van der Waals surface area contributed by atoms with Gasteiger partial charge in [-0.1, -0.05) is 6.07 Å². The van der Waals surface area contributed by atoms with Gasteiger partial charge in [0.2, 0.25) is 0 Å². The molecular weight excluding hydrogens is 272 g/mol. The van der Waals surface area contributed by atoms with Crippen LogP contribution in [0.3, 0.4) is 0 Å². The Morgan fingerprint density at radius 1 is 1.35 bits per heavy atom. The first kappa shape index (κ1) is 14.4. The number of ether oxygens (including phenoxy) is 1. The van der Waals surface area contributed by atoms with Crippen LogP contribution in [0.2, 0.25) is 0 Å². The number of carbonyl (C=O) groups excluding carboxylic acids is 1. The Bertz CT molecular complexity index is 622. The van der Waals surface area contributed by atoms with Crippen molar-refractivity contribution in [2.24, 2.45) is 0 Å². The summed E-state index contributed by atoms with van der Waals surface area (Å²) >= 11 is 1.67. The molecule has 1 amide bonds. The van der Waals surface area contributed by atoms with Crippen LogP contribution in [0, 0.1) is 6.92 Å². The van der Waals surface area contributed by atoms with Gasteiger partial charge in [-0.05, 0) is 38.1 Å². The van der Waals surface area contributed by atoms with Crippen LogP contribution in [0.25, 0.3) is 0 Å². The molecule has 4 nitrogen and oxygen atoms in total. The number of nitrogen functional groups attached to an aromatic ring is 1. The lowest BCUT2D eigenvalue weighted by atomic mass is 10.1. The van der Waals surface area contributed by atoms with Gasteiger partial charge < -0.3 is 15.8 Å². The number of anilines is 1. The summed E-state index contributed by atoms with van der Waals surface area (Å²) in [5.41, 5.74) is 6.68. The molecule has 5 heteroatoms. The predicted octanol–water partition coefficient (Wildman–Crippen LogP) is 3.14. The third kappa shape index (κ3) is 2.93. The van der Waals surface area contributed by atoms with Crippen LogP contribution in [0.1, 0.15) is 33.1 Å². The lowest BCUT2D eigenvalue weighted by Crippen LogP contribution is -2.27. The lowest BCUT2D eigenvalue weighted by Gasteiger charge is -2.15. The van der Waals surface area contributed by atoms with Crippen LogP contribution in [0.4, 0.5) is 5.69 Å². The normalized spacial score (nSPS) is 11.9. The maximum Gasteiger partial charge on any atom is 0.257 e. The molecule has 3 N–H and O–H groups in total. The van der Waals surface area contributed by atoms with E-state index in [9.17, 15) is 4.79 Å². The Kier molecular flexibility index (Phi) is 4.29. The molecule has 0 spiro atoms. The summed E-state index contributed by atoms with van der Waals surface area (Å²) in [7, 11) is 1.53. The minimum atomic E-state index is -0.224. The number of benzene rings is 1. The van der Waals surface area contributed by atoms with Crippen molar-refractivity contribution in [2.45, 2.75) is 19.9 Å². The molecule has 0 bridgehead atoms. The highest BCUT2D eigenvalue weighted by Crippen LogP contribution is 2.26. The molecule has 0 fully saturated rings. The van der Waals surface area contributed by atoms with Crippen molar-refractivity contribution in [3.05, 3.63) is 45.6 Å². The van der Waals surface area contributed by atoms with Gasteiger partial charge in [0.25, 0.3) is 5.91 Å². The van der Waals surface area contributed by atoms with Gasteiger partial charge in [-0.25, -0.2) is 0 Å². The summed E-state index contributed by atoms with van der Waals surface area (Å²) in [6.07, 6.45) is 0. The number of methoxy groups -OCH3 is 1. The molecule has 106 valence electrons. The highest BCUT2D eigenvalue weighted by atomic mass is 32.1. The van der Waals surface area contributed by atoms with Gasteiger partial charge in [-0.2, -0.15) is 0 Å². The fourth-order valence-electron chi connectivity index (χ4n) is 1.99. The van der Waals surface area contributed by atoms with E-state index in [4.69, 9.17) is 10.5 Å². The molecule has 2 rings (SSSR count). The number of nitrogens with one attached hydrogen (secondary N) is 1.